The molecule has 0 spiro atoms. The normalized spacial score (nSPS) is 18.9. The van der Waals surface area contributed by atoms with E-state index < -0.39 is 6.04 Å². The highest BCUT2D eigenvalue weighted by Crippen LogP contribution is 2.35. The molecule has 3 aromatic rings. The van der Waals surface area contributed by atoms with Gasteiger partial charge in [-0.25, -0.2) is 9.07 Å². The topological polar surface area (TPSA) is 88.5 Å². The molecule has 0 fully saturated rings. The standard InChI is InChI=1S/C19H23FN6O/c1-3-11(2)18(26-10-21-24-25-26)19(27)23-16-6-4-5-13-14-9-12(20)7-8-15(14)22-17(13)16/h7-11,16,18,22H,3-6H2,1-2H3,(H,23,27)/t11-,16+,18-/m0/s1. The van der Waals surface area contributed by atoms with Gasteiger partial charge < -0.3 is 10.3 Å². The van der Waals surface area contributed by atoms with Crippen molar-refractivity contribution in [2.75, 3.05) is 0 Å². The molecule has 142 valence electrons. The van der Waals surface area contributed by atoms with Crippen LogP contribution in [0.25, 0.3) is 10.9 Å². The molecular formula is C19H23FN6O. The number of H-pyrrole nitrogens is 1. The summed E-state index contributed by atoms with van der Waals surface area (Å²) in [6.45, 7) is 4.06. The molecule has 0 saturated heterocycles. The molecule has 27 heavy (non-hydrogen) atoms. The van der Waals surface area contributed by atoms with Crippen LogP contribution in [-0.4, -0.2) is 31.1 Å². The molecule has 1 aliphatic carbocycles. The fraction of sp³-hybridized carbons (Fsp3) is 0.474. The van der Waals surface area contributed by atoms with Crippen molar-refractivity contribution < 1.29 is 9.18 Å². The number of rotatable bonds is 5. The fourth-order valence-electron chi connectivity index (χ4n) is 3.99. The molecule has 0 aliphatic heterocycles. The molecule has 3 atom stereocenters. The molecule has 1 aromatic carbocycles. The van der Waals surface area contributed by atoms with Gasteiger partial charge in [0.1, 0.15) is 18.2 Å². The van der Waals surface area contributed by atoms with Crippen LogP contribution in [0.1, 0.15) is 56.5 Å². The molecule has 0 unspecified atom stereocenters. The number of fused-ring (bicyclic) bond motifs is 3. The number of aromatic amines is 1. The summed E-state index contributed by atoms with van der Waals surface area (Å²) in [6.07, 6.45) is 4.98. The number of aryl methyl sites for hydroxylation is 1. The summed E-state index contributed by atoms with van der Waals surface area (Å²) in [6, 6.07) is 4.19. The van der Waals surface area contributed by atoms with Crippen LogP contribution in [0.3, 0.4) is 0 Å². The molecule has 1 amide bonds. The lowest BCUT2D eigenvalue weighted by Crippen LogP contribution is -2.39. The van der Waals surface area contributed by atoms with Gasteiger partial charge in [-0.2, -0.15) is 0 Å². The third kappa shape index (κ3) is 3.20. The number of hydrogen-bond acceptors (Lipinski definition) is 4. The Morgan fingerprint density at radius 2 is 2.33 bits per heavy atom. The van der Waals surface area contributed by atoms with Crippen LogP contribution in [0.2, 0.25) is 0 Å². The molecule has 2 heterocycles. The third-order valence-electron chi connectivity index (χ3n) is 5.59. The number of carbonyl (C=O) groups excluding carboxylic acids is 1. The van der Waals surface area contributed by atoms with E-state index in [4.69, 9.17) is 0 Å². The van der Waals surface area contributed by atoms with Crippen LogP contribution in [0.4, 0.5) is 4.39 Å². The lowest BCUT2D eigenvalue weighted by molar-refractivity contribution is -0.127. The summed E-state index contributed by atoms with van der Waals surface area (Å²) in [4.78, 5) is 16.5. The van der Waals surface area contributed by atoms with Crippen molar-refractivity contribution in [3.05, 3.63) is 41.6 Å². The Bertz CT molecular complexity index is 951. The Morgan fingerprint density at radius 3 is 3.07 bits per heavy atom. The van der Waals surface area contributed by atoms with Gasteiger partial charge in [0.2, 0.25) is 5.91 Å². The van der Waals surface area contributed by atoms with E-state index in [0.717, 1.165) is 47.8 Å². The van der Waals surface area contributed by atoms with Crippen molar-refractivity contribution in [3.63, 3.8) is 0 Å². The van der Waals surface area contributed by atoms with E-state index in [1.165, 1.54) is 17.1 Å². The average molecular weight is 370 g/mol. The molecule has 1 aliphatic rings. The van der Waals surface area contributed by atoms with Gasteiger partial charge in [0, 0.05) is 16.6 Å². The molecule has 7 nitrogen and oxygen atoms in total. The van der Waals surface area contributed by atoms with E-state index in [0.29, 0.717) is 0 Å². The smallest absolute Gasteiger partial charge is 0.245 e. The number of halogens is 1. The predicted octanol–water partition coefficient (Wildman–Crippen LogP) is 3.07. The molecule has 0 bridgehead atoms. The fourth-order valence-corrected chi connectivity index (χ4v) is 3.99. The SMILES string of the molecule is CC[C@H](C)[C@@H](C(=O)N[C@@H]1CCCc2c1[nH]c1ccc(F)cc21)n1cnnn1. The summed E-state index contributed by atoms with van der Waals surface area (Å²) in [5, 5.41) is 15.4. The molecule has 0 radical (unpaired) electrons. The summed E-state index contributed by atoms with van der Waals surface area (Å²) in [5.74, 6) is -0.251. The highest BCUT2D eigenvalue weighted by Gasteiger charge is 2.31. The maximum Gasteiger partial charge on any atom is 0.245 e. The Hall–Kier alpha value is -2.77. The lowest BCUT2D eigenvalue weighted by atomic mass is 9.91. The quantitative estimate of drug-likeness (QED) is 0.722. The van der Waals surface area contributed by atoms with Crippen molar-refractivity contribution in [2.24, 2.45) is 5.92 Å². The average Bonchev–Trinajstić information content (AvgIpc) is 3.30. The van der Waals surface area contributed by atoms with Crippen LogP contribution < -0.4 is 5.32 Å². The first-order chi connectivity index (χ1) is 13.1. The second kappa shape index (κ2) is 7.09. The minimum atomic E-state index is -0.461. The van der Waals surface area contributed by atoms with Crippen LogP contribution in [-0.2, 0) is 11.2 Å². The zero-order valence-corrected chi connectivity index (χ0v) is 15.4. The first-order valence-corrected chi connectivity index (χ1v) is 9.41. The number of nitrogens with zero attached hydrogens (tertiary/aromatic N) is 4. The van der Waals surface area contributed by atoms with E-state index in [9.17, 15) is 9.18 Å². The zero-order valence-electron chi connectivity index (χ0n) is 15.4. The van der Waals surface area contributed by atoms with E-state index in [1.54, 1.807) is 12.1 Å². The van der Waals surface area contributed by atoms with E-state index in [1.807, 2.05) is 13.8 Å². The van der Waals surface area contributed by atoms with Crippen molar-refractivity contribution in [1.29, 1.82) is 0 Å². The van der Waals surface area contributed by atoms with Crippen molar-refractivity contribution in [2.45, 2.75) is 51.6 Å². The van der Waals surface area contributed by atoms with Crippen molar-refractivity contribution in [1.82, 2.24) is 30.5 Å². The number of nitrogens with one attached hydrogen (secondary N) is 2. The van der Waals surface area contributed by atoms with E-state index in [-0.39, 0.29) is 23.7 Å². The van der Waals surface area contributed by atoms with Crippen molar-refractivity contribution >= 4 is 16.8 Å². The maximum atomic E-state index is 13.7. The molecule has 4 rings (SSSR count). The number of benzene rings is 1. The predicted molar refractivity (Wildman–Crippen MR) is 98.4 cm³/mol. The molecule has 2 N–H and O–H groups in total. The minimum absolute atomic E-state index is 0.0911. The molecular weight excluding hydrogens is 347 g/mol. The number of carbonyl (C=O) groups is 1. The Balaban J connectivity index is 1.63. The van der Waals surface area contributed by atoms with Gasteiger partial charge in [0.15, 0.2) is 0 Å². The van der Waals surface area contributed by atoms with Gasteiger partial charge >= 0.3 is 0 Å². The van der Waals surface area contributed by atoms with Crippen LogP contribution in [0.15, 0.2) is 24.5 Å². The minimum Gasteiger partial charge on any atom is -0.356 e. The van der Waals surface area contributed by atoms with Gasteiger partial charge in [-0.3, -0.25) is 4.79 Å². The summed E-state index contributed by atoms with van der Waals surface area (Å²) >= 11 is 0. The largest absolute Gasteiger partial charge is 0.356 e. The number of aromatic nitrogens is 5. The summed E-state index contributed by atoms with van der Waals surface area (Å²) in [7, 11) is 0. The maximum absolute atomic E-state index is 13.7. The van der Waals surface area contributed by atoms with Crippen molar-refractivity contribution in [3.8, 4) is 0 Å². The first-order valence-electron chi connectivity index (χ1n) is 9.41. The van der Waals surface area contributed by atoms with Gasteiger partial charge in [0.05, 0.1) is 6.04 Å². The molecule has 8 heteroatoms. The van der Waals surface area contributed by atoms with Gasteiger partial charge in [-0.05, 0) is 59.4 Å². The Kier molecular flexibility index (Phi) is 4.63. The highest BCUT2D eigenvalue weighted by molar-refractivity contribution is 5.86. The zero-order chi connectivity index (χ0) is 19.0. The summed E-state index contributed by atoms with van der Waals surface area (Å²) < 4.78 is 15.2. The number of amides is 1. The lowest BCUT2D eigenvalue weighted by Gasteiger charge is -2.28. The van der Waals surface area contributed by atoms with Crippen LogP contribution >= 0.6 is 0 Å². The number of hydrogen-bond donors (Lipinski definition) is 2. The number of tetrazole rings is 1. The third-order valence-corrected chi connectivity index (χ3v) is 5.59. The Morgan fingerprint density at radius 1 is 1.48 bits per heavy atom. The van der Waals surface area contributed by atoms with Gasteiger partial charge in [-0.15, -0.1) is 5.10 Å². The van der Waals surface area contributed by atoms with Crippen LogP contribution in [0.5, 0.6) is 0 Å². The second-order valence-electron chi connectivity index (χ2n) is 7.28. The van der Waals surface area contributed by atoms with Gasteiger partial charge in [0.25, 0.3) is 0 Å². The van der Waals surface area contributed by atoms with E-state index >= 15 is 0 Å². The van der Waals surface area contributed by atoms with Crippen LogP contribution in [0, 0.1) is 11.7 Å². The molecule has 0 saturated carbocycles. The second-order valence-corrected chi connectivity index (χ2v) is 7.28. The first kappa shape index (κ1) is 17.6. The molecule has 2 aromatic heterocycles. The Labute approximate surface area is 156 Å². The van der Waals surface area contributed by atoms with E-state index in [2.05, 4.69) is 25.8 Å². The highest BCUT2D eigenvalue weighted by atomic mass is 19.1. The monoisotopic (exact) mass is 370 g/mol. The summed E-state index contributed by atoms with van der Waals surface area (Å²) in [5.41, 5.74) is 2.99. The van der Waals surface area contributed by atoms with Gasteiger partial charge in [-0.1, -0.05) is 20.3 Å².